The van der Waals surface area contributed by atoms with Crippen molar-refractivity contribution < 1.29 is 9.59 Å². The quantitative estimate of drug-likeness (QED) is 0.409. The number of thiophene rings is 1. The standard InChI is InChI=1S/C26H24ClN3O2S/c1-16-10-17(2)12-21(11-16)30-23(31)22-13-19-8-9-33-24(19)29(22)15-26(30,3)25(32)28-14-18-4-6-20(27)7-5-18/h4-13H,14-15H2,1-3H3,(H,28,32)/t26-/m1/s1. The highest BCUT2D eigenvalue weighted by Crippen LogP contribution is 2.38. The monoisotopic (exact) mass is 477 g/mol. The number of aryl methyl sites for hydroxylation is 2. The molecule has 0 unspecified atom stereocenters. The molecule has 0 radical (unpaired) electrons. The van der Waals surface area contributed by atoms with Gasteiger partial charge in [-0.1, -0.05) is 29.8 Å². The maximum Gasteiger partial charge on any atom is 0.275 e. The van der Waals surface area contributed by atoms with Crippen molar-refractivity contribution in [2.24, 2.45) is 0 Å². The average molecular weight is 478 g/mol. The van der Waals surface area contributed by atoms with Crippen LogP contribution in [0.2, 0.25) is 5.02 Å². The van der Waals surface area contributed by atoms with Crippen LogP contribution in [-0.4, -0.2) is 21.9 Å². The van der Waals surface area contributed by atoms with Crippen molar-refractivity contribution in [3.8, 4) is 0 Å². The van der Waals surface area contributed by atoms with Crippen molar-refractivity contribution >= 4 is 50.7 Å². The lowest BCUT2D eigenvalue weighted by molar-refractivity contribution is -0.126. The molecule has 0 bridgehead atoms. The van der Waals surface area contributed by atoms with Crippen molar-refractivity contribution in [3.63, 3.8) is 0 Å². The van der Waals surface area contributed by atoms with Gasteiger partial charge in [0.1, 0.15) is 16.1 Å². The number of carbonyl (C=O) groups excluding carboxylic acids is 2. The van der Waals surface area contributed by atoms with E-state index in [-0.39, 0.29) is 11.8 Å². The molecular formula is C26H24ClN3O2S. The minimum atomic E-state index is -1.10. The van der Waals surface area contributed by atoms with E-state index >= 15 is 0 Å². The second-order valence-electron chi connectivity index (χ2n) is 8.87. The molecule has 0 aliphatic carbocycles. The highest BCUT2D eigenvalue weighted by atomic mass is 35.5. The van der Waals surface area contributed by atoms with Gasteiger partial charge in [0.25, 0.3) is 5.91 Å². The van der Waals surface area contributed by atoms with E-state index in [2.05, 4.69) is 11.4 Å². The number of benzene rings is 2. The first-order valence-electron chi connectivity index (χ1n) is 10.8. The van der Waals surface area contributed by atoms with Gasteiger partial charge in [0.2, 0.25) is 5.91 Å². The van der Waals surface area contributed by atoms with Crippen LogP contribution < -0.4 is 10.2 Å². The molecule has 2 aromatic heterocycles. The van der Waals surface area contributed by atoms with Crippen LogP contribution in [-0.2, 0) is 17.9 Å². The smallest absolute Gasteiger partial charge is 0.275 e. The second kappa shape index (κ2) is 8.04. The molecular weight excluding hydrogens is 454 g/mol. The number of anilines is 1. The fourth-order valence-electron chi connectivity index (χ4n) is 4.66. The molecule has 3 heterocycles. The molecule has 0 saturated carbocycles. The minimum Gasteiger partial charge on any atom is -0.350 e. The van der Waals surface area contributed by atoms with Gasteiger partial charge in [0, 0.05) is 22.6 Å². The Bertz CT molecular complexity index is 1370. The molecule has 2 amide bonds. The molecule has 0 saturated heterocycles. The van der Waals surface area contributed by atoms with Crippen LogP contribution in [0.25, 0.3) is 10.2 Å². The van der Waals surface area contributed by atoms with E-state index in [4.69, 9.17) is 11.6 Å². The average Bonchev–Trinajstić information content (AvgIpc) is 3.35. The van der Waals surface area contributed by atoms with Crippen molar-refractivity contribution in [2.75, 3.05) is 4.90 Å². The fourth-order valence-corrected chi connectivity index (χ4v) is 5.68. The van der Waals surface area contributed by atoms with Crippen LogP contribution in [0.3, 0.4) is 0 Å². The lowest BCUT2D eigenvalue weighted by atomic mass is 9.93. The molecule has 1 aliphatic rings. The fraction of sp³-hybridized carbons (Fsp3) is 0.231. The summed E-state index contributed by atoms with van der Waals surface area (Å²) in [6, 6.07) is 17.3. The number of hydrogen-bond donors (Lipinski definition) is 1. The normalized spacial score (nSPS) is 17.9. The van der Waals surface area contributed by atoms with Gasteiger partial charge >= 0.3 is 0 Å². The first-order chi connectivity index (χ1) is 15.8. The largest absolute Gasteiger partial charge is 0.350 e. The van der Waals surface area contributed by atoms with Crippen LogP contribution in [0.5, 0.6) is 0 Å². The summed E-state index contributed by atoms with van der Waals surface area (Å²) in [5.74, 6) is -0.368. The maximum absolute atomic E-state index is 13.9. The Labute approximate surface area is 201 Å². The topological polar surface area (TPSA) is 54.3 Å². The highest BCUT2D eigenvalue weighted by Gasteiger charge is 2.48. The Hall–Kier alpha value is -3.09. The van der Waals surface area contributed by atoms with Crippen LogP contribution in [0.4, 0.5) is 5.69 Å². The van der Waals surface area contributed by atoms with Gasteiger partial charge in [-0.05, 0) is 79.2 Å². The van der Waals surface area contributed by atoms with Gasteiger partial charge in [-0.3, -0.25) is 14.5 Å². The van der Waals surface area contributed by atoms with Gasteiger partial charge in [-0.15, -0.1) is 11.3 Å². The lowest BCUT2D eigenvalue weighted by Gasteiger charge is -2.44. The molecule has 2 aromatic carbocycles. The predicted molar refractivity (Wildman–Crippen MR) is 134 cm³/mol. The molecule has 7 heteroatoms. The third-order valence-corrected chi connectivity index (χ3v) is 7.41. The second-order valence-corrected chi connectivity index (χ2v) is 10.2. The van der Waals surface area contributed by atoms with E-state index in [0.717, 1.165) is 32.6 Å². The zero-order chi connectivity index (χ0) is 23.3. The number of hydrogen-bond acceptors (Lipinski definition) is 3. The predicted octanol–water partition coefficient (Wildman–Crippen LogP) is 5.71. The number of nitrogens with zero attached hydrogens (tertiary/aromatic N) is 2. The zero-order valence-corrected chi connectivity index (χ0v) is 20.3. The highest BCUT2D eigenvalue weighted by molar-refractivity contribution is 7.16. The van der Waals surface area contributed by atoms with Gasteiger partial charge in [0.05, 0.1) is 6.54 Å². The number of carbonyl (C=O) groups is 2. The molecule has 0 spiro atoms. The van der Waals surface area contributed by atoms with E-state index in [1.165, 1.54) is 0 Å². The minimum absolute atomic E-state index is 0.168. The summed E-state index contributed by atoms with van der Waals surface area (Å²) in [4.78, 5) is 30.3. The number of nitrogens with one attached hydrogen (secondary N) is 1. The SMILES string of the molecule is Cc1cc(C)cc(N2C(=O)c3cc4ccsc4n3C[C@]2(C)C(=O)NCc2ccc(Cl)cc2)c1. The number of halogens is 1. The van der Waals surface area contributed by atoms with E-state index in [1.807, 2.05) is 67.1 Å². The summed E-state index contributed by atoms with van der Waals surface area (Å²) >= 11 is 7.57. The Morgan fingerprint density at radius 1 is 1.09 bits per heavy atom. The number of amides is 2. The van der Waals surface area contributed by atoms with Crippen LogP contribution >= 0.6 is 22.9 Å². The summed E-state index contributed by atoms with van der Waals surface area (Å²) in [5.41, 5.74) is 3.27. The molecule has 1 aliphatic heterocycles. The molecule has 5 rings (SSSR count). The van der Waals surface area contributed by atoms with E-state index < -0.39 is 5.54 Å². The Kier molecular flexibility index (Phi) is 5.30. The molecule has 168 valence electrons. The number of fused-ring (bicyclic) bond motifs is 3. The first-order valence-corrected chi connectivity index (χ1v) is 12.0. The van der Waals surface area contributed by atoms with Gasteiger partial charge in [0.15, 0.2) is 0 Å². The number of aromatic nitrogens is 1. The third-order valence-electron chi connectivity index (χ3n) is 6.20. The van der Waals surface area contributed by atoms with Crippen molar-refractivity contribution in [1.82, 2.24) is 9.88 Å². The molecule has 33 heavy (non-hydrogen) atoms. The van der Waals surface area contributed by atoms with E-state index in [1.54, 1.807) is 28.4 Å². The van der Waals surface area contributed by atoms with Crippen LogP contribution in [0.1, 0.15) is 34.1 Å². The molecule has 5 nitrogen and oxygen atoms in total. The van der Waals surface area contributed by atoms with Crippen molar-refractivity contribution in [1.29, 1.82) is 0 Å². The summed E-state index contributed by atoms with van der Waals surface area (Å²) in [7, 11) is 0. The number of rotatable bonds is 4. The Morgan fingerprint density at radius 2 is 1.79 bits per heavy atom. The molecule has 1 N–H and O–H groups in total. The summed E-state index contributed by atoms with van der Waals surface area (Å²) < 4.78 is 1.99. The molecule has 1 atom stereocenters. The molecule has 0 fully saturated rings. The summed E-state index contributed by atoms with van der Waals surface area (Å²) in [5, 5.41) is 6.74. The van der Waals surface area contributed by atoms with Crippen molar-refractivity contribution in [2.45, 2.75) is 39.4 Å². The lowest BCUT2D eigenvalue weighted by Crippen LogP contribution is -2.64. The van der Waals surface area contributed by atoms with E-state index in [0.29, 0.717) is 23.8 Å². The Balaban J connectivity index is 1.57. The Morgan fingerprint density at radius 3 is 2.48 bits per heavy atom. The van der Waals surface area contributed by atoms with Gasteiger partial charge < -0.3 is 9.88 Å². The summed E-state index contributed by atoms with van der Waals surface area (Å²) in [6.07, 6.45) is 0. The van der Waals surface area contributed by atoms with Crippen LogP contribution in [0, 0.1) is 13.8 Å². The zero-order valence-electron chi connectivity index (χ0n) is 18.7. The first kappa shape index (κ1) is 21.7. The van der Waals surface area contributed by atoms with Gasteiger partial charge in [-0.25, -0.2) is 0 Å². The van der Waals surface area contributed by atoms with Crippen LogP contribution in [0.15, 0.2) is 60.0 Å². The third kappa shape index (κ3) is 3.73. The molecule has 4 aromatic rings. The summed E-state index contributed by atoms with van der Waals surface area (Å²) in [6.45, 7) is 6.58. The van der Waals surface area contributed by atoms with Gasteiger partial charge in [-0.2, -0.15) is 0 Å². The van der Waals surface area contributed by atoms with Crippen molar-refractivity contribution in [3.05, 3.63) is 87.4 Å². The maximum atomic E-state index is 13.9. The van der Waals surface area contributed by atoms with E-state index in [9.17, 15) is 9.59 Å².